The van der Waals surface area contributed by atoms with Crippen LogP contribution in [0.15, 0.2) is 11.2 Å². The molecule has 2 N–H and O–H groups in total. The van der Waals surface area contributed by atoms with E-state index in [1.54, 1.807) is 11.3 Å². The van der Waals surface area contributed by atoms with Crippen molar-refractivity contribution >= 4 is 17.3 Å². The molecule has 0 aliphatic heterocycles. The van der Waals surface area contributed by atoms with Crippen molar-refractivity contribution in [2.45, 2.75) is 53.5 Å². The van der Waals surface area contributed by atoms with E-state index in [-0.39, 0.29) is 0 Å². The van der Waals surface area contributed by atoms with Crippen molar-refractivity contribution in [3.05, 3.63) is 16.1 Å². The van der Waals surface area contributed by atoms with Crippen molar-refractivity contribution in [3.8, 4) is 0 Å². The largest absolute Gasteiger partial charge is 0.356 e. The van der Waals surface area contributed by atoms with Crippen LogP contribution in [0.25, 0.3) is 0 Å². The molecule has 0 fully saturated rings. The molecule has 6 heteroatoms. The quantitative estimate of drug-likeness (QED) is 0.502. The van der Waals surface area contributed by atoms with Gasteiger partial charge in [0.05, 0.1) is 5.01 Å². The van der Waals surface area contributed by atoms with Gasteiger partial charge >= 0.3 is 0 Å². The van der Waals surface area contributed by atoms with E-state index >= 15 is 0 Å². The third-order valence-corrected chi connectivity index (χ3v) is 5.07. The van der Waals surface area contributed by atoms with Gasteiger partial charge in [-0.25, -0.2) is 4.98 Å². The smallest absolute Gasteiger partial charge is 0.191 e. The zero-order valence-corrected chi connectivity index (χ0v) is 17.0. The Balaban J connectivity index is 2.44. The number of aryl methyl sites for hydroxylation is 1. The molecule has 0 amide bonds. The SMILES string of the molecule is CCN(CC)C(CNC(=NC)NCCc1ncc(C)s1)CC(C)C. The number of aromatic nitrogens is 1. The maximum atomic E-state index is 4.40. The van der Waals surface area contributed by atoms with Crippen LogP contribution in [0, 0.1) is 12.8 Å². The Hall–Kier alpha value is -1.14. The fourth-order valence-electron chi connectivity index (χ4n) is 2.89. The molecule has 0 bridgehead atoms. The molecule has 5 nitrogen and oxygen atoms in total. The van der Waals surface area contributed by atoms with E-state index in [0.717, 1.165) is 38.6 Å². The zero-order chi connectivity index (χ0) is 17.9. The van der Waals surface area contributed by atoms with Crippen molar-refractivity contribution in [1.29, 1.82) is 0 Å². The van der Waals surface area contributed by atoms with E-state index in [1.165, 1.54) is 16.3 Å². The second kappa shape index (κ2) is 11.4. The normalized spacial score (nSPS) is 13.6. The lowest BCUT2D eigenvalue weighted by molar-refractivity contribution is 0.191. The van der Waals surface area contributed by atoms with Crippen LogP contribution in [0.3, 0.4) is 0 Å². The number of likely N-dealkylation sites (N-methyl/N-ethyl adjacent to an activating group) is 1. The van der Waals surface area contributed by atoms with E-state index in [9.17, 15) is 0 Å². The van der Waals surface area contributed by atoms with Crippen LogP contribution in [-0.2, 0) is 6.42 Å². The maximum Gasteiger partial charge on any atom is 0.191 e. The summed E-state index contributed by atoms with van der Waals surface area (Å²) in [5.41, 5.74) is 0. The van der Waals surface area contributed by atoms with Crippen molar-refractivity contribution < 1.29 is 0 Å². The van der Waals surface area contributed by atoms with E-state index in [1.807, 2.05) is 13.2 Å². The molecule has 0 radical (unpaired) electrons. The molecule has 1 unspecified atom stereocenters. The van der Waals surface area contributed by atoms with E-state index < -0.39 is 0 Å². The Morgan fingerprint density at radius 2 is 2.00 bits per heavy atom. The summed E-state index contributed by atoms with van der Waals surface area (Å²) < 4.78 is 0. The van der Waals surface area contributed by atoms with Gasteiger partial charge in [-0.1, -0.05) is 27.7 Å². The topological polar surface area (TPSA) is 52.5 Å². The third-order valence-electron chi connectivity index (χ3n) is 4.10. The first-order chi connectivity index (χ1) is 11.5. The van der Waals surface area contributed by atoms with Crippen LogP contribution < -0.4 is 10.6 Å². The zero-order valence-electron chi connectivity index (χ0n) is 16.2. The summed E-state index contributed by atoms with van der Waals surface area (Å²) in [5, 5.41) is 8.07. The molecule has 0 aromatic carbocycles. The lowest BCUT2D eigenvalue weighted by atomic mass is 10.0. The molecule has 1 aromatic heterocycles. The first-order valence-corrected chi connectivity index (χ1v) is 9.91. The molecule has 0 spiro atoms. The molecule has 0 aliphatic rings. The molecule has 1 rings (SSSR count). The molecular formula is C18H35N5S. The van der Waals surface area contributed by atoms with Gasteiger partial charge in [0.2, 0.25) is 0 Å². The van der Waals surface area contributed by atoms with Crippen molar-refractivity contribution in [2.75, 3.05) is 33.2 Å². The fraction of sp³-hybridized carbons (Fsp3) is 0.778. The standard InChI is InChI=1S/C18H35N5S/c1-7-23(8-2)16(11-14(3)4)13-22-18(19-6)20-10-9-17-21-12-15(5)24-17/h12,14,16H,7-11,13H2,1-6H3,(H2,19,20,22). The summed E-state index contributed by atoms with van der Waals surface area (Å²) in [5.74, 6) is 1.57. The molecule has 1 atom stereocenters. The lowest BCUT2D eigenvalue weighted by Gasteiger charge is -2.31. The number of hydrogen-bond donors (Lipinski definition) is 2. The minimum Gasteiger partial charge on any atom is -0.356 e. The Labute approximate surface area is 152 Å². The van der Waals surface area contributed by atoms with Gasteiger partial charge in [-0.3, -0.25) is 9.89 Å². The number of guanidine groups is 1. The first-order valence-electron chi connectivity index (χ1n) is 9.09. The summed E-state index contributed by atoms with van der Waals surface area (Å²) in [6.07, 6.45) is 4.07. The van der Waals surface area contributed by atoms with Gasteiger partial charge in [0.25, 0.3) is 0 Å². The highest BCUT2D eigenvalue weighted by Gasteiger charge is 2.17. The predicted octanol–water partition coefficient (Wildman–Crippen LogP) is 2.92. The molecule has 138 valence electrons. The number of thiazole rings is 1. The fourth-order valence-corrected chi connectivity index (χ4v) is 3.67. The van der Waals surface area contributed by atoms with Crippen LogP contribution in [0.5, 0.6) is 0 Å². The minimum atomic E-state index is 0.542. The summed E-state index contributed by atoms with van der Waals surface area (Å²) in [6.45, 7) is 15.1. The second-order valence-corrected chi connectivity index (χ2v) is 7.82. The highest BCUT2D eigenvalue weighted by Crippen LogP contribution is 2.12. The molecular weight excluding hydrogens is 318 g/mol. The van der Waals surface area contributed by atoms with Crippen molar-refractivity contribution in [2.24, 2.45) is 10.9 Å². The average Bonchev–Trinajstić information content (AvgIpc) is 2.96. The van der Waals surface area contributed by atoms with E-state index in [0.29, 0.717) is 12.0 Å². The highest BCUT2D eigenvalue weighted by atomic mass is 32.1. The van der Waals surface area contributed by atoms with Crippen molar-refractivity contribution in [1.82, 2.24) is 20.5 Å². The molecule has 1 heterocycles. The van der Waals surface area contributed by atoms with Crippen LogP contribution in [0.4, 0.5) is 0 Å². The third kappa shape index (κ3) is 7.62. The van der Waals surface area contributed by atoms with Crippen LogP contribution >= 0.6 is 11.3 Å². The monoisotopic (exact) mass is 353 g/mol. The van der Waals surface area contributed by atoms with Gasteiger partial charge in [0, 0.05) is 43.7 Å². The van der Waals surface area contributed by atoms with Gasteiger partial charge < -0.3 is 10.6 Å². The lowest BCUT2D eigenvalue weighted by Crippen LogP contribution is -2.48. The first kappa shape index (κ1) is 20.9. The van der Waals surface area contributed by atoms with Crippen LogP contribution in [-0.4, -0.2) is 55.1 Å². The summed E-state index contributed by atoms with van der Waals surface area (Å²) in [6, 6.07) is 0.542. The summed E-state index contributed by atoms with van der Waals surface area (Å²) in [4.78, 5) is 12.5. The minimum absolute atomic E-state index is 0.542. The van der Waals surface area contributed by atoms with Gasteiger partial charge in [-0.2, -0.15) is 0 Å². The number of nitrogens with zero attached hydrogens (tertiary/aromatic N) is 3. The number of rotatable bonds is 10. The molecule has 0 aliphatic carbocycles. The molecule has 1 aromatic rings. The molecule has 0 saturated heterocycles. The van der Waals surface area contributed by atoms with Gasteiger partial charge in [0.15, 0.2) is 5.96 Å². The molecule has 24 heavy (non-hydrogen) atoms. The van der Waals surface area contributed by atoms with Gasteiger partial charge in [-0.05, 0) is 32.4 Å². The Bertz CT molecular complexity index is 480. The number of nitrogens with one attached hydrogen (secondary N) is 2. The second-order valence-electron chi connectivity index (χ2n) is 6.50. The number of aliphatic imine (C=N–C) groups is 1. The van der Waals surface area contributed by atoms with E-state index in [2.05, 4.69) is 60.1 Å². The Kier molecular flexibility index (Phi) is 9.95. The predicted molar refractivity (Wildman–Crippen MR) is 106 cm³/mol. The maximum absolute atomic E-state index is 4.40. The Morgan fingerprint density at radius 3 is 2.50 bits per heavy atom. The molecule has 0 saturated carbocycles. The Morgan fingerprint density at radius 1 is 1.29 bits per heavy atom. The van der Waals surface area contributed by atoms with Gasteiger partial charge in [-0.15, -0.1) is 11.3 Å². The number of hydrogen-bond acceptors (Lipinski definition) is 4. The highest BCUT2D eigenvalue weighted by molar-refractivity contribution is 7.11. The van der Waals surface area contributed by atoms with Gasteiger partial charge in [0.1, 0.15) is 0 Å². The summed E-state index contributed by atoms with van der Waals surface area (Å²) >= 11 is 1.76. The van der Waals surface area contributed by atoms with Crippen LogP contribution in [0.2, 0.25) is 0 Å². The van der Waals surface area contributed by atoms with Crippen LogP contribution in [0.1, 0.15) is 44.0 Å². The van der Waals surface area contributed by atoms with Crippen molar-refractivity contribution in [3.63, 3.8) is 0 Å². The van der Waals surface area contributed by atoms with E-state index in [4.69, 9.17) is 0 Å². The summed E-state index contributed by atoms with van der Waals surface area (Å²) in [7, 11) is 1.83. The average molecular weight is 354 g/mol.